The highest BCUT2D eigenvalue weighted by Gasteiger charge is 2.44. The van der Waals surface area contributed by atoms with Crippen molar-refractivity contribution < 1.29 is 18.3 Å². The Labute approximate surface area is 188 Å². The van der Waals surface area contributed by atoms with Crippen molar-refractivity contribution in [3.63, 3.8) is 0 Å². The average Bonchev–Trinajstić information content (AvgIpc) is 3.31. The summed E-state index contributed by atoms with van der Waals surface area (Å²) in [5.41, 5.74) is 1.65. The molecule has 1 aromatic heterocycles. The maximum absolute atomic E-state index is 13.7. The lowest BCUT2D eigenvalue weighted by molar-refractivity contribution is 0.0695. The fraction of sp³-hybridized carbons (Fsp3) is 0.320. The van der Waals surface area contributed by atoms with Crippen molar-refractivity contribution in [1.82, 2.24) is 9.88 Å². The van der Waals surface area contributed by atoms with Crippen LogP contribution in [-0.4, -0.2) is 42.5 Å². The van der Waals surface area contributed by atoms with Crippen LogP contribution in [0.4, 0.5) is 0 Å². The summed E-state index contributed by atoms with van der Waals surface area (Å²) in [6.45, 7) is 5.41. The summed E-state index contributed by atoms with van der Waals surface area (Å²) in [7, 11) is -3.65. The van der Waals surface area contributed by atoms with Gasteiger partial charge in [0.15, 0.2) is 15.2 Å². The van der Waals surface area contributed by atoms with E-state index in [1.54, 1.807) is 48.7 Å². The zero-order valence-corrected chi connectivity index (χ0v) is 19.0. The van der Waals surface area contributed by atoms with E-state index in [0.717, 1.165) is 12.0 Å². The summed E-state index contributed by atoms with van der Waals surface area (Å²) < 4.78 is 27.3. The molecular weight excluding hydrogens is 424 g/mol. The number of nitrogens with one attached hydrogen (secondary N) is 1. The van der Waals surface area contributed by atoms with Gasteiger partial charge in [-0.2, -0.15) is 0 Å². The molecule has 7 heteroatoms. The number of benzene rings is 2. The molecule has 0 radical (unpaired) electrons. The van der Waals surface area contributed by atoms with Gasteiger partial charge < -0.3 is 10.1 Å². The van der Waals surface area contributed by atoms with Gasteiger partial charge in [0.25, 0.3) is 0 Å². The Bertz CT molecular complexity index is 1190. The van der Waals surface area contributed by atoms with Crippen LogP contribution in [0.3, 0.4) is 0 Å². The first-order chi connectivity index (χ1) is 15.2. The second kappa shape index (κ2) is 8.56. The number of carboxylic acid groups (broad SMARTS) is 1. The highest BCUT2D eigenvalue weighted by atomic mass is 32.2. The van der Waals surface area contributed by atoms with Gasteiger partial charge in [0.2, 0.25) is 0 Å². The smallest absolute Gasteiger partial charge is 0.335 e. The third-order valence-corrected chi connectivity index (χ3v) is 8.94. The number of hydrogen-bond acceptors (Lipinski definition) is 4. The summed E-state index contributed by atoms with van der Waals surface area (Å²) in [4.78, 5) is 16.9. The van der Waals surface area contributed by atoms with Crippen LogP contribution >= 0.6 is 0 Å². The number of aromatic carboxylic acids is 1. The van der Waals surface area contributed by atoms with Crippen LogP contribution < -0.4 is 0 Å². The van der Waals surface area contributed by atoms with Gasteiger partial charge >= 0.3 is 5.97 Å². The van der Waals surface area contributed by atoms with E-state index in [2.05, 4.69) is 18.8 Å². The molecule has 3 aromatic rings. The molecule has 2 aromatic carbocycles. The number of piperidine rings is 1. The van der Waals surface area contributed by atoms with Crippen LogP contribution in [0.15, 0.2) is 77.8 Å². The van der Waals surface area contributed by atoms with E-state index >= 15 is 0 Å². The molecule has 1 unspecified atom stereocenters. The number of rotatable bonds is 6. The molecule has 1 fully saturated rings. The third-order valence-electron chi connectivity index (χ3n) is 6.87. The highest BCUT2D eigenvalue weighted by Crippen LogP contribution is 2.43. The number of H-pyrrole nitrogens is 1. The third kappa shape index (κ3) is 3.98. The lowest BCUT2D eigenvalue weighted by atomic mass is 9.68. The van der Waals surface area contributed by atoms with Crippen molar-refractivity contribution in [2.45, 2.75) is 36.0 Å². The molecule has 0 bridgehead atoms. The van der Waals surface area contributed by atoms with Crippen molar-refractivity contribution in [3.05, 3.63) is 89.7 Å². The van der Waals surface area contributed by atoms with E-state index in [1.807, 2.05) is 29.2 Å². The van der Waals surface area contributed by atoms with Crippen LogP contribution in [0.5, 0.6) is 0 Å². The topological polar surface area (TPSA) is 90.5 Å². The molecule has 0 amide bonds. The largest absolute Gasteiger partial charge is 0.478 e. The van der Waals surface area contributed by atoms with Gasteiger partial charge in [-0.15, -0.1) is 0 Å². The monoisotopic (exact) mass is 452 g/mol. The van der Waals surface area contributed by atoms with Gasteiger partial charge in [-0.1, -0.05) is 44.2 Å². The number of likely N-dealkylation sites (tertiary alicyclic amines) is 1. The Hall–Kier alpha value is -2.90. The van der Waals surface area contributed by atoms with E-state index in [4.69, 9.17) is 0 Å². The number of aromatic nitrogens is 1. The summed E-state index contributed by atoms with van der Waals surface area (Å²) in [5.74, 6) is -0.829. The van der Waals surface area contributed by atoms with Gasteiger partial charge in [0.05, 0.1) is 10.5 Å². The number of hydrogen-bond donors (Lipinski definition) is 2. The minimum Gasteiger partial charge on any atom is -0.478 e. The molecule has 2 N–H and O–H groups in total. The fourth-order valence-corrected chi connectivity index (χ4v) is 6.57. The summed E-state index contributed by atoms with van der Waals surface area (Å²) in [5, 5.41) is 8.59. The Morgan fingerprint density at radius 3 is 2.50 bits per heavy atom. The zero-order chi connectivity index (χ0) is 22.9. The second-order valence-corrected chi connectivity index (χ2v) is 10.8. The fourth-order valence-electron chi connectivity index (χ4n) is 4.71. The molecule has 168 valence electrons. The first kappa shape index (κ1) is 22.3. The van der Waals surface area contributed by atoms with E-state index in [9.17, 15) is 18.3 Å². The van der Waals surface area contributed by atoms with Crippen molar-refractivity contribution in [2.24, 2.45) is 5.92 Å². The number of sulfone groups is 1. The van der Waals surface area contributed by atoms with E-state index in [-0.39, 0.29) is 16.9 Å². The normalized spacial score (nSPS) is 23.0. The van der Waals surface area contributed by atoms with Gasteiger partial charge in [-0.05, 0) is 59.7 Å². The maximum atomic E-state index is 13.7. The predicted molar refractivity (Wildman–Crippen MR) is 123 cm³/mol. The number of aromatic amines is 1. The quantitative estimate of drug-likeness (QED) is 0.575. The van der Waals surface area contributed by atoms with Gasteiger partial charge in [-0.3, -0.25) is 4.90 Å². The number of carbonyl (C=O) groups is 1. The Morgan fingerprint density at radius 1 is 1.12 bits per heavy atom. The van der Waals surface area contributed by atoms with E-state index in [1.165, 1.54) is 0 Å². The van der Waals surface area contributed by atoms with Crippen LogP contribution in [0.2, 0.25) is 0 Å². The summed E-state index contributed by atoms with van der Waals surface area (Å²) >= 11 is 0. The Kier molecular flexibility index (Phi) is 5.97. The van der Waals surface area contributed by atoms with Gasteiger partial charge in [0, 0.05) is 25.0 Å². The van der Waals surface area contributed by atoms with Crippen LogP contribution in [0, 0.1) is 5.92 Å². The minimum absolute atomic E-state index is 0.115. The summed E-state index contributed by atoms with van der Waals surface area (Å²) in [6.07, 6.45) is 2.47. The minimum atomic E-state index is -3.65. The van der Waals surface area contributed by atoms with Gasteiger partial charge in [-0.25, -0.2) is 13.2 Å². The van der Waals surface area contributed by atoms with Gasteiger partial charge in [0.1, 0.15) is 0 Å². The first-order valence-corrected chi connectivity index (χ1v) is 12.3. The Morgan fingerprint density at radius 2 is 1.88 bits per heavy atom. The van der Waals surface area contributed by atoms with Crippen molar-refractivity contribution >= 4 is 15.8 Å². The van der Waals surface area contributed by atoms with Crippen LogP contribution in [-0.2, 0) is 15.3 Å². The molecule has 1 aliphatic rings. The highest BCUT2D eigenvalue weighted by molar-refractivity contribution is 7.91. The lowest BCUT2D eigenvalue weighted by Crippen LogP contribution is -2.50. The molecular formula is C25H28N2O4S. The first-order valence-electron chi connectivity index (χ1n) is 10.7. The summed E-state index contributed by atoms with van der Waals surface area (Å²) in [6, 6.07) is 19.3. The zero-order valence-electron chi connectivity index (χ0n) is 18.2. The molecule has 2 heterocycles. The maximum Gasteiger partial charge on any atom is 0.335 e. The van der Waals surface area contributed by atoms with E-state index in [0.29, 0.717) is 23.7 Å². The molecule has 1 aliphatic heterocycles. The molecule has 4 rings (SSSR count). The van der Waals surface area contributed by atoms with Crippen molar-refractivity contribution in [2.75, 3.05) is 13.1 Å². The predicted octanol–water partition coefficient (Wildman–Crippen LogP) is 4.49. The standard InChI is InChI=1S/C25H28N2O4S/c1-18-17-27(15-13-25(18,2)20-9-6-8-19(16-20)24(28)29)23(22-12-7-14-26-22)32(30,31)21-10-4-3-5-11-21/h3-12,14,16,18,23,26H,13,15,17H2,1-2H3,(H,28,29)/t18-,23?,25+/m0/s1. The van der Waals surface area contributed by atoms with Crippen LogP contribution in [0.25, 0.3) is 0 Å². The molecule has 0 spiro atoms. The molecule has 3 atom stereocenters. The molecule has 1 saturated heterocycles. The SMILES string of the molecule is C[C@H]1CN(C(c2ccc[nH]2)S(=O)(=O)c2ccccc2)CC[C@@]1(C)c1cccc(C(=O)O)c1. The number of carboxylic acids is 1. The van der Waals surface area contributed by atoms with E-state index < -0.39 is 21.2 Å². The van der Waals surface area contributed by atoms with Crippen molar-refractivity contribution in [3.8, 4) is 0 Å². The molecule has 6 nitrogen and oxygen atoms in total. The Balaban J connectivity index is 1.67. The van der Waals surface area contributed by atoms with Crippen LogP contribution in [0.1, 0.15) is 47.3 Å². The molecule has 32 heavy (non-hydrogen) atoms. The molecule has 0 saturated carbocycles. The lowest BCUT2D eigenvalue weighted by Gasteiger charge is -2.47. The van der Waals surface area contributed by atoms with Crippen molar-refractivity contribution in [1.29, 1.82) is 0 Å². The average molecular weight is 453 g/mol. The second-order valence-electron chi connectivity index (χ2n) is 8.79. The number of nitrogens with zero attached hydrogens (tertiary/aromatic N) is 1. The molecule has 0 aliphatic carbocycles.